The molecule has 1 aliphatic rings. The zero-order valence-corrected chi connectivity index (χ0v) is 7.25. The molecule has 2 rings (SSSR count). The predicted molar refractivity (Wildman–Crippen MR) is 48.1 cm³/mol. The van der Waals surface area contributed by atoms with Crippen LogP contribution in [0, 0.1) is 0 Å². The van der Waals surface area contributed by atoms with E-state index in [1.54, 1.807) is 0 Å². The predicted octanol–water partition coefficient (Wildman–Crippen LogP) is 0.198. The molecule has 0 fully saturated rings. The minimum atomic E-state index is 0.186. The van der Waals surface area contributed by atoms with Crippen molar-refractivity contribution >= 4 is 5.82 Å². The van der Waals surface area contributed by atoms with Gasteiger partial charge in [0.05, 0.1) is 12.0 Å². The van der Waals surface area contributed by atoms with Gasteiger partial charge in [-0.15, -0.1) is 0 Å². The molecule has 2 heterocycles. The molecule has 3 N–H and O–H groups in total. The quantitative estimate of drug-likeness (QED) is 0.659. The summed E-state index contributed by atoms with van der Waals surface area (Å²) in [6.07, 6.45) is 2.90. The Labute approximate surface area is 71.8 Å². The molecule has 0 amide bonds. The number of nitrogens with one attached hydrogen (secondary N) is 1. The summed E-state index contributed by atoms with van der Waals surface area (Å²) in [4.78, 5) is 4.29. The third-order valence-electron chi connectivity index (χ3n) is 2.05. The molecule has 0 radical (unpaired) electrons. The molecule has 4 heteroatoms. The molecular weight excluding hydrogens is 152 g/mol. The van der Waals surface area contributed by atoms with E-state index in [1.807, 2.05) is 13.3 Å². The largest absolute Gasteiger partial charge is 0.370 e. The lowest BCUT2D eigenvalue weighted by Crippen LogP contribution is -2.22. The first-order valence-electron chi connectivity index (χ1n) is 4.31. The molecule has 0 spiro atoms. The number of fused-ring (bicyclic) bond motifs is 1. The van der Waals surface area contributed by atoms with Crippen LogP contribution in [-0.2, 0) is 13.0 Å². The fourth-order valence-electron chi connectivity index (χ4n) is 1.56. The fraction of sp³-hybridized carbons (Fsp3) is 0.625. The van der Waals surface area contributed by atoms with Crippen molar-refractivity contribution in [1.82, 2.24) is 9.55 Å². The number of nitrogens with zero attached hydrogens (tertiary/aromatic N) is 2. The SMILES string of the molecule is CC(N)Cn1cnc2c1NCC2. The van der Waals surface area contributed by atoms with Gasteiger partial charge in [0.25, 0.3) is 0 Å². The highest BCUT2D eigenvalue weighted by Crippen LogP contribution is 2.20. The summed E-state index contributed by atoms with van der Waals surface area (Å²) in [5.74, 6) is 1.16. The molecule has 0 aliphatic carbocycles. The van der Waals surface area contributed by atoms with Crippen molar-refractivity contribution in [2.45, 2.75) is 25.9 Å². The number of rotatable bonds is 2. The van der Waals surface area contributed by atoms with Crippen LogP contribution in [-0.4, -0.2) is 22.1 Å². The van der Waals surface area contributed by atoms with Gasteiger partial charge < -0.3 is 15.6 Å². The Morgan fingerprint density at radius 3 is 3.42 bits per heavy atom. The molecule has 4 nitrogen and oxygen atoms in total. The van der Waals surface area contributed by atoms with E-state index in [2.05, 4.69) is 14.9 Å². The van der Waals surface area contributed by atoms with E-state index in [0.717, 1.165) is 25.3 Å². The highest BCUT2D eigenvalue weighted by atomic mass is 15.2. The van der Waals surface area contributed by atoms with Gasteiger partial charge in [-0.25, -0.2) is 4.98 Å². The number of hydrogen-bond acceptors (Lipinski definition) is 3. The van der Waals surface area contributed by atoms with Gasteiger partial charge >= 0.3 is 0 Å². The molecule has 0 bridgehead atoms. The van der Waals surface area contributed by atoms with Crippen LogP contribution in [0.3, 0.4) is 0 Å². The lowest BCUT2D eigenvalue weighted by atomic mass is 10.3. The summed E-state index contributed by atoms with van der Waals surface area (Å²) in [6.45, 7) is 3.86. The van der Waals surface area contributed by atoms with Gasteiger partial charge in [-0.1, -0.05) is 0 Å². The van der Waals surface area contributed by atoms with Gasteiger partial charge in [0.1, 0.15) is 5.82 Å². The minimum absolute atomic E-state index is 0.186. The summed E-state index contributed by atoms with van der Waals surface area (Å²) in [5.41, 5.74) is 6.88. The Morgan fingerprint density at radius 2 is 2.67 bits per heavy atom. The third kappa shape index (κ3) is 1.18. The summed E-state index contributed by atoms with van der Waals surface area (Å²) in [6, 6.07) is 0.186. The highest BCUT2D eigenvalue weighted by Gasteiger charge is 2.16. The van der Waals surface area contributed by atoms with E-state index < -0.39 is 0 Å². The Bertz CT molecular complexity index is 277. The smallest absolute Gasteiger partial charge is 0.129 e. The fourth-order valence-corrected chi connectivity index (χ4v) is 1.56. The molecule has 0 saturated carbocycles. The lowest BCUT2D eigenvalue weighted by molar-refractivity contribution is 0.593. The molecule has 1 unspecified atom stereocenters. The van der Waals surface area contributed by atoms with E-state index in [4.69, 9.17) is 5.73 Å². The Balaban J connectivity index is 2.22. The van der Waals surface area contributed by atoms with Gasteiger partial charge in [-0.3, -0.25) is 0 Å². The van der Waals surface area contributed by atoms with Crippen molar-refractivity contribution < 1.29 is 0 Å². The topological polar surface area (TPSA) is 55.9 Å². The maximum atomic E-state index is 5.70. The van der Waals surface area contributed by atoms with Crippen molar-refractivity contribution in [1.29, 1.82) is 0 Å². The summed E-state index contributed by atoms with van der Waals surface area (Å²) >= 11 is 0. The van der Waals surface area contributed by atoms with Crippen LogP contribution in [0.1, 0.15) is 12.6 Å². The molecule has 66 valence electrons. The first-order valence-corrected chi connectivity index (χ1v) is 4.31. The number of hydrogen-bond donors (Lipinski definition) is 2. The Kier molecular flexibility index (Phi) is 1.77. The summed E-state index contributed by atoms with van der Waals surface area (Å²) in [5, 5.41) is 3.30. The average molecular weight is 166 g/mol. The number of anilines is 1. The van der Waals surface area contributed by atoms with E-state index >= 15 is 0 Å². The number of aromatic nitrogens is 2. The molecule has 0 aromatic carbocycles. The molecular formula is C8H14N4. The Hall–Kier alpha value is -1.03. The molecule has 1 aromatic heterocycles. The van der Waals surface area contributed by atoms with Crippen LogP contribution in [0.25, 0.3) is 0 Å². The zero-order valence-electron chi connectivity index (χ0n) is 7.25. The van der Waals surface area contributed by atoms with Crippen LogP contribution in [0.4, 0.5) is 5.82 Å². The van der Waals surface area contributed by atoms with Gasteiger partial charge in [0.15, 0.2) is 0 Å². The van der Waals surface area contributed by atoms with E-state index in [1.165, 1.54) is 5.69 Å². The van der Waals surface area contributed by atoms with Crippen LogP contribution >= 0.6 is 0 Å². The molecule has 1 atom stereocenters. The normalized spacial score (nSPS) is 17.2. The number of imidazole rings is 1. The Morgan fingerprint density at radius 1 is 1.83 bits per heavy atom. The van der Waals surface area contributed by atoms with Gasteiger partial charge in [-0.2, -0.15) is 0 Å². The maximum Gasteiger partial charge on any atom is 0.129 e. The van der Waals surface area contributed by atoms with Crippen molar-refractivity contribution in [2.75, 3.05) is 11.9 Å². The van der Waals surface area contributed by atoms with E-state index in [-0.39, 0.29) is 6.04 Å². The van der Waals surface area contributed by atoms with Crippen molar-refractivity contribution in [3.05, 3.63) is 12.0 Å². The van der Waals surface area contributed by atoms with Crippen molar-refractivity contribution in [3.63, 3.8) is 0 Å². The first-order chi connectivity index (χ1) is 5.77. The molecule has 1 aromatic rings. The second-order valence-corrected chi connectivity index (χ2v) is 3.35. The van der Waals surface area contributed by atoms with Crippen molar-refractivity contribution in [2.24, 2.45) is 5.73 Å². The lowest BCUT2D eigenvalue weighted by Gasteiger charge is -2.09. The van der Waals surface area contributed by atoms with Crippen LogP contribution in [0.15, 0.2) is 6.33 Å². The molecule has 12 heavy (non-hydrogen) atoms. The monoisotopic (exact) mass is 166 g/mol. The molecule has 0 saturated heterocycles. The third-order valence-corrected chi connectivity index (χ3v) is 2.05. The summed E-state index contributed by atoms with van der Waals surface area (Å²) in [7, 11) is 0. The first kappa shape index (κ1) is 7.61. The van der Waals surface area contributed by atoms with E-state index in [9.17, 15) is 0 Å². The van der Waals surface area contributed by atoms with Crippen LogP contribution < -0.4 is 11.1 Å². The molecule has 1 aliphatic heterocycles. The zero-order chi connectivity index (χ0) is 8.55. The van der Waals surface area contributed by atoms with Crippen molar-refractivity contribution in [3.8, 4) is 0 Å². The van der Waals surface area contributed by atoms with E-state index in [0.29, 0.717) is 0 Å². The van der Waals surface area contributed by atoms with Gasteiger partial charge in [0, 0.05) is 25.6 Å². The number of nitrogens with two attached hydrogens (primary N) is 1. The standard InChI is InChI=1S/C8H14N4/c1-6(9)4-12-5-11-7-2-3-10-8(7)12/h5-6,10H,2-4,9H2,1H3. The summed E-state index contributed by atoms with van der Waals surface area (Å²) < 4.78 is 2.09. The second kappa shape index (κ2) is 2.79. The van der Waals surface area contributed by atoms with Gasteiger partial charge in [-0.05, 0) is 6.92 Å². The minimum Gasteiger partial charge on any atom is -0.370 e. The maximum absolute atomic E-state index is 5.70. The highest BCUT2D eigenvalue weighted by molar-refractivity contribution is 5.46. The van der Waals surface area contributed by atoms with Crippen LogP contribution in [0.5, 0.6) is 0 Å². The second-order valence-electron chi connectivity index (χ2n) is 3.35. The van der Waals surface area contributed by atoms with Gasteiger partial charge in [0.2, 0.25) is 0 Å². The average Bonchev–Trinajstić information content (AvgIpc) is 2.52. The van der Waals surface area contributed by atoms with Crippen LogP contribution in [0.2, 0.25) is 0 Å².